The molecule has 0 aliphatic rings. The van der Waals surface area contributed by atoms with Crippen molar-refractivity contribution in [3.8, 4) is 0 Å². The van der Waals surface area contributed by atoms with Gasteiger partial charge in [-0.05, 0) is 0 Å². The normalized spacial score (nSPS) is 9.56. The summed E-state index contributed by atoms with van der Waals surface area (Å²) in [6, 6.07) is 0. The zero-order valence-electron chi connectivity index (χ0n) is 6.22. The van der Waals surface area contributed by atoms with E-state index in [1.165, 1.54) is 12.8 Å². The van der Waals surface area contributed by atoms with Crippen molar-refractivity contribution >= 4 is 7.48 Å². The predicted octanol–water partition coefficient (Wildman–Crippen LogP) is 1.44. The highest BCUT2D eigenvalue weighted by Crippen LogP contribution is 1.92. The molecule has 0 bridgehead atoms. The highest BCUT2D eigenvalue weighted by Gasteiger charge is 1.89. The molecule has 3 heteroatoms. The number of methoxy groups -OCH3 is 1. The molecule has 0 heterocycles. The molecule has 0 saturated carbocycles. The molecule has 0 rings (SSSR count). The minimum absolute atomic E-state index is 0.379. The van der Waals surface area contributed by atoms with Crippen LogP contribution in [0.25, 0.3) is 0 Å². The zero-order chi connectivity index (χ0) is 6.95. The summed E-state index contributed by atoms with van der Waals surface area (Å²) in [5, 5.41) is 0. The van der Waals surface area contributed by atoms with E-state index in [1.54, 1.807) is 14.6 Å². The van der Waals surface area contributed by atoms with Gasteiger partial charge in [0.15, 0.2) is 0 Å². The number of hydrogen-bond donors (Lipinski definition) is 0. The van der Waals surface area contributed by atoms with E-state index in [-0.39, 0.29) is 0 Å². The highest BCUT2D eigenvalue weighted by atomic mass is 16.6. The van der Waals surface area contributed by atoms with Gasteiger partial charge >= 0.3 is 0 Å². The first-order valence-electron chi connectivity index (χ1n) is 3.34. The van der Waals surface area contributed by atoms with Gasteiger partial charge in [0.1, 0.15) is 6.79 Å². The summed E-state index contributed by atoms with van der Waals surface area (Å²) >= 11 is 0. The smallest absolute Gasteiger partial charge is 0.295 e. The second kappa shape index (κ2) is 7.98. The number of hydrogen-bond acceptors (Lipinski definition) is 2. The van der Waals surface area contributed by atoms with Crippen LogP contribution in [0.15, 0.2) is 0 Å². The van der Waals surface area contributed by atoms with E-state index in [4.69, 9.17) is 4.65 Å². The van der Waals surface area contributed by atoms with E-state index in [0.29, 0.717) is 6.79 Å². The minimum Gasteiger partial charge on any atom is -0.420 e. The van der Waals surface area contributed by atoms with E-state index in [0.717, 1.165) is 6.32 Å². The Labute approximate surface area is 57.8 Å². The number of rotatable bonds is 6. The first-order chi connectivity index (χ1) is 4.41. The van der Waals surface area contributed by atoms with E-state index in [1.807, 2.05) is 0 Å². The Kier molecular flexibility index (Phi) is 7.97. The molecule has 0 aliphatic carbocycles. The molecule has 2 nitrogen and oxygen atoms in total. The van der Waals surface area contributed by atoms with Gasteiger partial charge < -0.3 is 9.39 Å². The second-order valence-electron chi connectivity index (χ2n) is 1.88. The van der Waals surface area contributed by atoms with Gasteiger partial charge in [0.05, 0.1) is 0 Å². The van der Waals surface area contributed by atoms with Gasteiger partial charge in [-0.15, -0.1) is 0 Å². The van der Waals surface area contributed by atoms with Gasteiger partial charge in [-0.2, -0.15) is 0 Å². The fraction of sp³-hybridized carbons (Fsp3) is 1.00. The quantitative estimate of drug-likeness (QED) is 0.307. The molecule has 0 spiro atoms. The topological polar surface area (TPSA) is 18.5 Å². The molecule has 0 atom stereocenters. The van der Waals surface area contributed by atoms with Gasteiger partial charge in [-0.3, -0.25) is 0 Å². The molecule has 0 saturated heterocycles. The van der Waals surface area contributed by atoms with Gasteiger partial charge in [0, 0.05) is 7.11 Å². The Morgan fingerprint density at radius 3 is 2.78 bits per heavy atom. The molecule has 0 amide bonds. The van der Waals surface area contributed by atoms with Crippen LogP contribution >= 0.6 is 0 Å². The van der Waals surface area contributed by atoms with Crippen molar-refractivity contribution in [2.24, 2.45) is 0 Å². The molecular formula is C6H14BO2. The van der Waals surface area contributed by atoms with Gasteiger partial charge in [-0.25, -0.2) is 0 Å². The lowest BCUT2D eigenvalue weighted by molar-refractivity contribution is 0.0536. The minimum atomic E-state index is 0.379. The maximum absolute atomic E-state index is 4.94. The molecule has 0 aromatic carbocycles. The Balaban J connectivity index is 2.60. The molecule has 53 valence electrons. The lowest BCUT2D eigenvalue weighted by atomic mass is 9.92. The molecule has 0 aliphatic heterocycles. The number of unbranched alkanes of at least 4 members (excludes halogenated alkanes) is 1. The Morgan fingerprint density at radius 2 is 2.22 bits per heavy atom. The third kappa shape index (κ3) is 7.98. The lowest BCUT2D eigenvalue weighted by Crippen LogP contribution is -2.00. The lowest BCUT2D eigenvalue weighted by Gasteiger charge is -1.98. The molecule has 0 aromatic rings. The van der Waals surface area contributed by atoms with Crippen LogP contribution < -0.4 is 0 Å². The van der Waals surface area contributed by atoms with Crippen molar-refractivity contribution in [1.82, 2.24) is 0 Å². The maximum Gasteiger partial charge on any atom is 0.295 e. The third-order valence-electron chi connectivity index (χ3n) is 0.979. The largest absolute Gasteiger partial charge is 0.420 e. The standard InChI is InChI=1S/C6H14BO2/c1-3-4-5-7-9-6-8-2/h3-6H2,1-2H3. The maximum atomic E-state index is 4.94. The fourth-order valence-corrected chi connectivity index (χ4v) is 0.487. The van der Waals surface area contributed by atoms with Crippen LogP contribution in [0, 0.1) is 0 Å². The molecular weight excluding hydrogens is 115 g/mol. The summed E-state index contributed by atoms with van der Waals surface area (Å²) in [6.45, 7) is 2.54. The predicted molar refractivity (Wildman–Crippen MR) is 38.4 cm³/mol. The third-order valence-corrected chi connectivity index (χ3v) is 0.979. The number of ether oxygens (including phenoxy) is 1. The summed E-state index contributed by atoms with van der Waals surface area (Å²) in [6.07, 6.45) is 3.44. The molecule has 0 fully saturated rings. The van der Waals surface area contributed by atoms with Crippen molar-refractivity contribution < 1.29 is 9.39 Å². The van der Waals surface area contributed by atoms with Crippen LogP contribution in [-0.2, 0) is 9.39 Å². The van der Waals surface area contributed by atoms with Crippen molar-refractivity contribution in [2.45, 2.75) is 26.1 Å². The highest BCUT2D eigenvalue weighted by molar-refractivity contribution is 6.26. The summed E-state index contributed by atoms with van der Waals surface area (Å²) in [4.78, 5) is 0. The van der Waals surface area contributed by atoms with E-state index < -0.39 is 0 Å². The van der Waals surface area contributed by atoms with Crippen LogP contribution in [0.4, 0.5) is 0 Å². The molecule has 9 heavy (non-hydrogen) atoms. The van der Waals surface area contributed by atoms with E-state index >= 15 is 0 Å². The van der Waals surface area contributed by atoms with Crippen LogP contribution in [0.1, 0.15) is 19.8 Å². The van der Waals surface area contributed by atoms with E-state index in [2.05, 4.69) is 11.7 Å². The van der Waals surface area contributed by atoms with Crippen LogP contribution in [0.2, 0.25) is 6.32 Å². The molecule has 0 unspecified atom stereocenters. The average molecular weight is 129 g/mol. The summed E-state index contributed by atoms with van der Waals surface area (Å²) in [5.41, 5.74) is 0. The van der Waals surface area contributed by atoms with Gasteiger partial charge in [0.25, 0.3) is 7.48 Å². The van der Waals surface area contributed by atoms with E-state index in [9.17, 15) is 0 Å². The van der Waals surface area contributed by atoms with Crippen LogP contribution in [-0.4, -0.2) is 21.4 Å². The average Bonchev–Trinajstić information content (AvgIpc) is 1.89. The molecule has 0 N–H and O–H groups in total. The van der Waals surface area contributed by atoms with Gasteiger partial charge in [-0.1, -0.05) is 26.1 Å². The first-order valence-corrected chi connectivity index (χ1v) is 3.34. The SMILES string of the molecule is CCCC[B]OCOC. The summed E-state index contributed by atoms with van der Waals surface area (Å²) < 4.78 is 9.61. The van der Waals surface area contributed by atoms with Crippen LogP contribution in [0.5, 0.6) is 0 Å². The summed E-state index contributed by atoms with van der Waals surface area (Å²) in [7, 11) is 3.42. The Hall–Kier alpha value is -0.0151. The van der Waals surface area contributed by atoms with Crippen molar-refractivity contribution in [2.75, 3.05) is 13.9 Å². The Morgan fingerprint density at radius 1 is 1.44 bits per heavy atom. The second-order valence-corrected chi connectivity index (χ2v) is 1.88. The van der Waals surface area contributed by atoms with Crippen molar-refractivity contribution in [1.29, 1.82) is 0 Å². The molecule has 0 aromatic heterocycles. The fourth-order valence-electron chi connectivity index (χ4n) is 0.487. The van der Waals surface area contributed by atoms with Crippen molar-refractivity contribution in [3.63, 3.8) is 0 Å². The Bertz CT molecular complexity index is 44.3. The zero-order valence-corrected chi connectivity index (χ0v) is 6.22. The monoisotopic (exact) mass is 129 g/mol. The van der Waals surface area contributed by atoms with Gasteiger partial charge in [0.2, 0.25) is 0 Å². The summed E-state index contributed by atoms with van der Waals surface area (Å²) in [5.74, 6) is 0. The first kappa shape index (κ1) is 8.98. The van der Waals surface area contributed by atoms with Crippen LogP contribution in [0.3, 0.4) is 0 Å². The van der Waals surface area contributed by atoms with Crippen molar-refractivity contribution in [3.05, 3.63) is 0 Å². The molecule has 1 radical (unpaired) electrons.